The predicted octanol–water partition coefficient (Wildman–Crippen LogP) is 3.10. The highest BCUT2D eigenvalue weighted by atomic mass is 16.6. The Morgan fingerprint density at radius 2 is 2.14 bits per heavy atom. The summed E-state index contributed by atoms with van der Waals surface area (Å²) >= 11 is 0. The molecule has 21 heavy (non-hydrogen) atoms. The van der Waals surface area contributed by atoms with Crippen LogP contribution in [0.4, 0.5) is 4.79 Å². The topological polar surface area (TPSA) is 66.8 Å². The molecule has 1 aliphatic heterocycles. The lowest BCUT2D eigenvalue weighted by molar-refractivity contribution is -0.144. The Bertz CT molecular complexity index is 498. The minimum atomic E-state index is -0.759. The number of allylic oxidation sites excluding steroid dienone is 4. The number of ether oxygens (including phenoxy) is 1. The smallest absolute Gasteiger partial charge is 0.415 e. The number of hydrogen-bond donors (Lipinski definition) is 1. The molecule has 2 fully saturated rings. The van der Waals surface area contributed by atoms with Gasteiger partial charge in [0.25, 0.3) is 0 Å². The summed E-state index contributed by atoms with van der Waals surface area (Å²) < 4.78 is 5.57. The summed E-state index contributed by atoms with van der Waals surface area (Å²) in [5.41, 5.74) is 0.163. The second kappa shape index (κ2) is 6.16. The minimum Gasteiger partial charge on any atom is -0.481 e. The summed E-state index contributed by atoms with van der Waals surface area (Å²) in [6, 6.07) is 0. The van der Waals surface area contributed by atoms with E-state index in [0.717, 1.165) is 0 Å². The number of carboxylic acid groups (broad SMARTS) is 1. The fourth-order valence-corrected chi connectivity index (χ4v) is 2.94. The largest absolute Gasteiger partial charge is 0.481 e. The lowest BCUT2D eigenvalue weighted by Gasteiger charge is -2.33. The number of hydrogen-bond acceptors (Lipinski definition) is 3. The van der Waals surface area contributed by atoms with Crippen molar-refractivity contribution in [2.45, 2.75) is 38.2 Å². The van der Waals surface area contributed by atoms with Crippen LogP contribution in [0.1, 0.15) is 32.6 Å². The van der Waals surface area contributed by atoms with Crippen molar-refractivity contribution < 1.29 is 19.4 Å². The maximum absolute atomic E-state index is 12.1. The van der Waals surface area contributed by atoms with Gasteiger partial charge in [0.15, 0.2) is 0 Å². The van der Waals surface area contributed by atoms with Crippen molar-refractivity contribution in [3.8, 4) is 0 Å². The van der Waals surface area contributed by atoms with Crippen molar-refractivity contribution >= 4 is 12.1 Å². The maximum atomic E-state index is 12.1. The zero-order valence-electron chi connectivity index (χ0n) is 12.2. The molecule has 1 N–H and O–H groups in total. The van der Waals surface area contributed by atoms with Gasteiger partial charge < -0.3 is 9.84 Å². The summed E-state index contributed by atoms with van der Waals surface area (Å²) in [5.74, 6) is -1.08. The molecule has 5 nitrogen and oxygen atoms in total. The molecule has 2 rings (SSSR count). The van der Waals surface area contributed by atoms with Gasteiger partial charge in [-0.05, 0) is 44.8 Å². The molecule has 1 amide bonds. The van der Waals surface area contributed by atoms with Gasteiger partial charge in [-0.3, -0.25) is 9.69 Å². The van der Waals surface area contributed by atoms with Gasteiger partial charge in [-0.2, -0.15) is 0 Å². The Hall–Kier alpha value is -2.04. The molecule has 114 valence electrons. The van der Waals surface area contributed by atoms with Crippen molar-refractivity contribution in [1.82, 2.24) is 4.90 Å². The van der Waals surface area contributed by atoms with E-state index < -0.39 is 11.6 Å². The van der Waals surface area contributed by atoms with Crippen LogP contribution in [0.5, 0.6) is 0 Å². The van der Waals surface area contributed by atoms with E-state index in [1.165, 1.54) is 0 Å². The van der Waals surface area contributed by atoms with Crippen LogP contribution in [0.2, 0.25) is 0 Å². The molecule has 0 atom stereocenters. The maximum Gasteiger partial charge on any atom is 0.415 e. The summed E-state index contributed by atoms with van der Waals surface area (Å²) in [6.07, 6.45) is 9.09. The highest BCUT2D eigenvalue weighted by Gasteiger charge is 2.48. The molecule has 0 aromatic rings. The molecular formula is C16H21NO4. The van der Waals surface area contributed by atoms with Crippen LogP contribution < -0.4 is 0 Å². The number of nitrogens with zero attached hydrogens (tertiary/aromatic N) is 1. The molecule has 1 heterocycles. The summed E-state index contributed by atoms with van der Waals surface area (Å²) in [6.45, 7) is 6.10. The first-order valence-corrected chi connectivity index (χ1v) is 7.20. The number of carboxylic acids is 1. The molecule has 0 unspecified atom stereocenters. The zero-order chi connectivity index (χ0) is 15.5. The molecule has 5 heteroatoms. The quantitative estimate of drug-likeness (QED) is 0.808. The van der Waals surface area contributed by atoms with Crippen LogP contribution >= 0.6 is 0 Å². The van der Waals surface area contributed by atoms with E-state index in [-0.39, 0.29) is 12.0 Å². The lowest BCUT2D eigenvalue weighted by Crippen LogP contribution is -2.39. The second-order valence-corrected chi connectivity index (χ2v) is 5.57. The van der Waals surface area contributed by atoms with Crippen LogP contribution in [0, 0.1) is 5.92 Å². The molecule has 1 saturated heterocycles. The molecule has 0 aromatic carbocycles. The number of carbonyl (C=O) groups is 2. The van der Waals surface area contributed by atoms with E-state index in [4.69, 9.17) is 9.84 Å². The minimum absolute atomic E-state index is 0.319. The van der Waals surface area contributed by atoms with E-state index in [2.05, 4.69) is 6.58 Å². The van der Waals surface area contributed by atoms with E-state index in [0.29, 0.717) is 37.9 Å². The van der Waals surface area contributed by atoms with Crippen LogP contribution in [0.15, 0.2) is 36.6 Å². The third-order valence-corrected chi connectivity index (χ3v) is 4.20. The first-order chi connectivity index (χ1) is 10.0. The Kier molecular flexibility index (Phi) is 4.50. The van der Waals surface area contributed by atoms with E-state index >= 15 is 0 Å². The molecule has 1 saturated carbocycles. The third-order valence-electron chi connectivity index (χ3n) is 4.20. The normalized spacial score (nSPS) is 30.0. The van der Waals surface area contributed by atoms with E-state index in [1.54, 1.807) is 11.0 Å². The van der Waals surface area contributed by atoms with Gasteiger partial charge in [-0.1, -0.05) is 18.7 Å². The molecule has 1 aliphatic carbocycles. The lowest BCUT2D eigenvalue weighted by atomic mass is 9.79. The Labute approximate surface area is 124 Å². The van der Waals surface area contributed by atoms with Crippen LogP contribution in [-0.2, 0) is 9.53 Å². The zero-order valence-corrected chi connectivity index (χ0v) is 12.2. The van der Waals surface area contributed by atoms with Crippen molar-refractivity contribution in [2.75, 3.05) is 6.54 Å². The predicted molar refractivity (Wildman–Crippen MR) is 78.6 cm³/mol. The first-order valence-electron chi connectivity index (χ1n) is 7.20. The van der Waals surface area contributed by atoms with Crippen molar-refractivity contribution in [3.05, 3.63) is 36.6 Å². The highest BCUT2D eigenvalue weighted by Crippen LogP contribution is 2.40. The molecular weight excluding hydrogens is 270 g/mol. The number of rotatable bonds is 4. The van der Waals surface area contributed by atoms with E-state index in [9.17, 15) is 9.59 Å². The van der Waals surface area contributed by atoms with Crippen LogP contribution in [0.3, 0.4) is 0 Å². The first kappa shape index (κ1) is 15.4. The standard InChI is InChI=1S/C16H21NO4/c1-3-5-6-13(4-2)17-11-16(21-15(17)20)9-7-12(8-10-16)14(18)19/h3-6,12H,2,7-11H2,1H3,(H,18,19)/b5-3-,13-6+. The van der Waals surface area contributed by atoms with Crippen LogP contribution in [0.25, 0.3) is 0 Å². The number of amides is 1. The van der Waals surface area contributed by atoms with Gasteiger partial charge >= 0.3 is 12.1 Å². The van der Waals surface area contributed by atoms with Gasteiger partial charge in [-0.25, -0.2) is 4.79 Å². The number of carbonyl (C=O) groups excluding carboxylic acids is 1. The van der Waals surface area contributed by atoms with Crippen molar-refractivity contribution in [3.63, 3.8) is 0 Å². The second-order valence-electron chi connectivity index (χ2n) is 5.57. The molecule has 1 spiro atoms. The highest BCUT2D eigenvalue weighted by molar-refractivity contribution is 5.74. The Morgan fingerprint density at radius 3 is 2.67 bits per heavy atom. The number of aliphatic carboxylic acids is 1. The van der Waals surface area contributed by atoms with Crippen LogP contribution in [-0.4, -0.2) is 34.2 Å². The average Bonchev–Trinajstić information content (AvgIpc) is 2.77. The summed E-state index contributed by atoms with van der Waals surface area (Å²) in [7, 11) is 0. The van der Waals surface area contributed by atoms with E-state index in [1.807, 2.05) is 25.2 Å². The fraction of sp³-hybridized carbons (Fsp3) is 0.500. The van der Waals surface area contributed by atoms with Crippen molar-refractivity contribution in [1.29, 1.82) is 0 Å². The van der Waals surface area contributed by atoms with Gasteiger partial charge in [0.05, 0.1) is 12.5 Å². The van der Waals surface area contributed by atoms with Gasteiger partial charge in [0.2, 0.25) is 0 Å². The third kappa shape index (κ3) is 3.17. The Morgan fingerprint density at radius 1 is 1.48 bits per heavy atom. The van der Waals surface area contributed by atoms with Crippen molar-refractivity contribution in [2.24, 2.45) is 5.92 Å². The SMILES string of the molecule is C=C/C(=C\C=C/C)N1CC2(CCC(C(=O)O)CC2)OC1=O. The van der Waals surface area contributed by atoms with Gasteiger partial charge in [0.1, 0.15) is 5.60 Å². The Balaban J connectivity index is 2.09. The fourth-order valence-electron chi connectivity index (χ4n) is 2.94. The monoisotopic (exact) mass is 291 g/mol. The summed E-state index contributed by atoms with van der Waals surface area (Å²) in [5, 5.41) is 9.05. The molecule has 0 aromatic heterocycles. The van der Waals surface area contributed by atoms with Gasteiger partial charge in [0, 0.05) is 5.70 Å². The van der Waals surface area contributed by atoms with Gasteiger partial charge in [-0.15, -0.1) is 0 Å². The molecule has 2 aliphatic rings. The average molecular weight is 291 g/mol. The molecule has 0 radical (unpaired) electrons. The summed E-state index contributed by atoms with van der Waals surface area (Å²) in [4.78, 5) is 24.7. The molecule has 0 bridgehead atoms.